The van der Waals surface area contributed by atoms with Crippen molar-refractivity contribution in [3.05, 3.63) is 118 Å². The van der Waals surface area contributed by atoms with Crippen LogP contribution in [0.1, 0.15) is 22.5 Å². The summed E-state index contributed by atoms with van der Waals surface area (Å²) >= 11 is 3.90. The van der Waals surface area contributed by atoms with Crippen molar-refractivity contribution in [2.45, 2.75) is 5.41 Å². The molecule has 2 nitrogen and oxygen atoms in total. The SMILES string of the molecule is Brc1cccc2c1C1(c3ccccc3-c3ccccc31)c1nc3ccccc3n1-2. The fourth-order valence-electron chi connectivity index (χ4n) is 5.45. The molecule has 136 valence electrons. The number of imidazole rings is 1. The molecule has 4 aromatic carbocycles. The molecule has 2 heterocycles. The number of benzene rings is 4. The highest BCUT2D eigenvalue weighted by molar-refractivity contribution is 9.10. The summed E-state index contributed by atoms with van der Waals surface area (Å²) in [6.07, 6.45) is 0. The van der Waals surface area contributed by atoms with Crippen molar-refractivity contribution in [1.29, 1.82) is 0 Å². The second kappa shape index (κ2) is 5.25. The van der Waals surface area contributed by atoms with E-state index in [0.717, 1.165) is 21.3 Å². The number of fused-ring (bicyclic) bond motifs is 12. The van der Waals surface area contributed by atoms with Crippen LogP contribution < -0.4 is 0 Å². The van der Waals surface area contributed by atoms with Crippen LogP contribution in [0.15, 0.2) is 95.5 Å². The summed E-state index contributed by atoms with van der Waals surface area (Å²) in [5, 5.41) is 0. The summed E-state index contributed by atoms with van der Waals surface area (Å²) in [7, 11) is 0. The Bertz CT molecular complexity index is 1430. The summed E-state index contributed by atoms with van der Waals surface area (Å²) in [5.74, 6) is 1.08. The number of halogens is 1. The predicted molar refractivity (Wildman–Crippen MR) is 120 cm³/mol. The van der Waals surface area contributed by atoms with Gasteiger partial charge in [-0.1, -0.05) is 82.7 Å². The van der Waals surface area contributed by atoms with Gasteiger partial charge in [0.25, 0.3) is 0 Å². The van der Waals surface area contributed by atoms with E-state index in [0.29, 0.717) is 0 Å². The van der Waals surface area contributed by atoms with Crippen molar-refractivity contribution in [1.82, 2.24) is 9.55 Å². The first-order valence-corrected chi connectivity index (χ1v) is 10.6. The number of rotatable bonds is 0. The number of hydrogen-bond acceptors (Lipinski definition) is 1. The van der Waals surface area contributed by atoms with Crippen molar-refractivity contribution in [3.63, 3.8) is 0 Å². The summed E-state index contributed by atoms with van der Waals surface area (Å²) in [4.78, 5) is 5.22. The van der Waals surface area contributed by atoms with Gasteiger partial charge in [-0.25, -0.2) is 4.98 Å². The maximum Gasteiger partial charge on any atom is 0.134 e. The first-order chi connectivity index (χ1) is 14.3. The largest absolute Gasteiger partial charge is 0.295 e. The van der Waals surface area contributed by atoms with E-state index in [9.17, 15) is 0 Å². The molecular weight excluding hydrogens is 420 g/mol. The lowest BCUT2D eigenvalue weighted by atomic mass is 9.73. The highest BCUT2D eigenvalue weighted by atomic mass is 79.9. The second-order valence-electron chi connectivity index (χ2n) is 7.73. The van der Waals surface area contributed by atoms with Gasteiger partial charge in [-0.15, -0.1) is 0 Å². The maximum atomic E-state index is 5.22. The lowest BCUT2D eigenvalue weighted by Gasteiger charge is -2.28. The van der Waals surface area contributed by atoms with Crippen LogP contribution in [-0.2, 0) is 5.41 Å². The van der Waals surface area contributed by atoms with Crippen molar-refractivity contribution in [2.75, 3.05) is 0 Å². The van der Waals surface area contributed by atoms with Gasteiger partial charge in [0.1, 0.15) is 11.2 Å². The Balaban J connectivity index is 1.78. The van der Waals surface area contributed by atoms with Gasteiger partial charge in [0, 0.05) is 10.0 Å². The van der Waals surface area contributed by atoms with Crippen LogP contribution in [0.4, 0.5) is 0 Å². The molecule has 1 spiro atoms. The summed E-state index contributed by atoms with van der Waals surface area (Å²) in [6.45, 7) is 0. The maximum absolute atomic E-state index is 5.22. The molecule has 3 heteroatoms. The Morgan fingerprint density at radius 1 is 0.690 bits per heavy atom. The third-order valence-electron chi connectivity index (χ3n) is 6.46. The lowest BCUT2D eigenvalue weighted by Crippen LogP contribution is -2.27. The van der Waals surface area contributed by atoms with Crippen LogP contribution in [0.2, 0.25) is 0 Å². The van der Waals surface area contributed by atoms with Crippen LogP contribution >= 0.6 is 15.9 Å². The Labute approximate surface area is 176 Å². The van der Waals surface area contributed by atoms with Crippen molar-refractivity contribution >= 4 is 27.0 Å². The minimum atomic E-state index is -0.415. The minimum absolute atomic E-state index is 0.415. The molecule has 0 N–H and O–H groups in total. The van der Waals surface area contributed by atoms with Gasteiger partial charge >= 0.3 is 0 Å². The quantitative estimate of drug-likeness (QED) is 0.267. The van der Waals surface area contributed by atoms with Gasteiger partial charge in [-0.3, -0.25) is 4.57 Å². The average Bonchev–Trinajstić information content (AvgIpc) is 3.38. The normalized spacial score (nSPS) is 14.7. The van der Waals surface area contributed by atoms with Gasteiger partial charge in [0.05, 0.1) is 16.7 Å². The van der Waals surface area contributed by atoms with Crippen LogP contribution in [0.5, 0.6) is 0 Å². The fraction of sp³-hybridized carbons (Fsp3) is 0.0385. The molecule has 0 bridgehead atoms. The third kappa shape index (κ3) is 1.68. The molecule has 0 amide bonds. The fourth-order valence-corrected chi connectivity index (χ4v) is 6.10. The molecule has 5 aromatic rings. The van der Waals surface area contributed by atoms with E-state index in [2.05, 4.69) is 111 Å². The van der Waals surface area contributed by atoms with Crippen LogP contribution in [0.25, 0.3) is 27.8 Å². The molecule has 2 aliphatic rings. The molecule has 1 aliphatic carbocycles. The smallest absolute Gasteiger partial charge is 0.134 e. The summed E-state index contributed by atoms with van der Waals surface area (Å²) < 4.78 is 3.48. The zero-order chi connectivity index (χ0) is 19.2. The van der Waals surface area contributed by atoms with Gasteiger partial charge < -0.3 is 0 Å². The Hall–Kier alpha value is -3.17. The molecule has 0 unspecified atom stereocenters. The lowest BCUT2D eigenvalue weighted by molar-refractivity contribution is 0.735. The van der Waals surface area contributed by atoms with E-state index in [-0.39, 0.29) is 0 Å². The summed E-state index contributed by atoms with van der Waals surface area (Å²) in [5.41, 5.74) is 9.47. The first kappa shape index (κ1) is 15.7. The molecule has 0 radical (unpaired) electrons. The monoisotopic (exact) mass is 434 g/mol. The van der Waals surface area contributed by atoms with Crippen molar-refractivity contribution in [3.8, 4) is 16.8 Å². The zero-order valence-corrected chi connectivity index (χ0v) is 17.0. The summed E-state index contributed by atoms with van der Waals surface area (Å²) in [6, 6.07) is 32.5. The van der Waals surface area contributed by atoms with Crippen molar-refractivity contribution < 1.29 is 0 Å². The third-order valence-corrected chi connectivity index (χ3v) is 7.12. The van der Waals surface area contributed by atoms with Gasteiger partial charge in [0.15, 0.2) is 0 Å². The molecule has 0 saturated heterocycles. The highest BCUT2D eigenvalue weighted by Gasteiger charge is 2.54. The number of nitrogens with zero attached hydrogens (tertiary/aromatic N) is 2. The molecule has 1 aliphatic heterocycles. The number of hydrogen-bond donors (Lipinski definition) is 0. The minimum Gasteiger partial charge on any atom is -0.295 e. The van der Waals surface area contributed by atoms with Crippen LogP contribution in [0.3, 0.4) is 0 Å². The zero-order valence-electron chi connectivity index (χ0n) is 15.4. The molecular formula is C26H15BrN2. The Morgan fingerprint density at radius 3 is 2.10 bits per heavy atom. The standard InChI is InChI=1S/C26H15BrN2/c27-20-12-7-15-23-24(20)26(25-28-21-13-5-6-14-22(21)29(23)25)18-10-3-1-8-16(18)17-9-2-4-11-19(17)26/h1-15H. The van der Waals surface area contributed by atoms with E-state index < -0.39 is 5.41 Å². The van der Waals surface area contributed by atoms with E-state index in [1.165, 1.54) is 33.5 Å². The van der Waals surface area contributed by atoms with Crippen LogP contribution in [0, 0.1) is 0 Å². The number of aromatic nitrogens is 2. The van der Waals surface area contributed by atoms with E-state index in [1.807, 2.05) is 0 Å². The number of para-hydroxylation sites is 2. The Morgan fingerprint density at radius 2 is 1.34 bits per heavy atom. The van der Waals surface area contributed by atoms with Gasteiger partial charge in [-0.2, -0.15) is 0 Å². The van der Waals surface area contributed by atoms with Crippen LogP contribution in [-0.4, -0.2) is 9.55 Å². The Kier molecular flexibility index (Phi) is 2.84. The first-order valence-electron chi connectivity index (χ1n) is 9.78. The van der Waals surface area contributed by atoms with Crippen molar-refractivity contribution in [2.24, 2.45) is 0 Å². The average molecular weight is 435 g/mol. The second-order valence-corrected chi connectivity index (χ2v) is 8.59. The highest BCUT2D eigenvalue weighted by Crippen LogP contribution is 2.61. The predicted octanol–water partition coefficient (Wildman–Crippen LogP) is 6.46. The molecule has 1 aromatic heterocycles. The van der Waals surface area contributed by atoms with E-state index >= 15 is 0 Å². The molecule has 29 heavy (non-hydrogen) atoms. The topological polar surface area (TPSA) is 17.8 Å². The molecule has 0 saturated carbocycles. The van der Waals surface area contributed by atoms with Gasteiger partial charge in [-0.05, 0) is 46.5 Å². The molecule has 7 rings (SSSR count). The van der Waals surface area contributed by atoms with E-state index in [4.69, 9.17) is 4.98 Å². The molecule has 0 atom stereocenters. The molecule has 0 fully saturated rings. The van der Waals surface area contributed by atoms with Gasteiger partial charge in [0.2, 0.25) is 0 Å². The van der Waals surface area contributed by atoms with E-state index in [1.54, 1.807) is 0 Å².